The van der Waals surface area contributed by atoms with Gasteiger partial charge in [-0.3, -0.25) is 4.79 Å². The van der Waals surface area contributed by atoms with E-state index in [0.29, 0.717) is 11.3 Å². The van der Waals surface area contributed by atoms with Crippen molar-refractivity contribution >= 4 is 15.8 Å². The van der Waals surface area contributed by atoms with Gasteiger partial charge in [-0.1, -0.05) is 12.1 Å². The summed E-state index contributed by atoms with van der Waals surface area (Å²) < 4.78 is 32.2. The Hall–Kier alpha value is -1.92. The third-order valence-corrected chi connectivity index (χ3v) is 4.58. The third-order valence-electron chi connectivity index (χ3n) is 3.17. The van der Waals surface area contributed by atoms with E-state index in [2.05, 4.69) is 4.72 Å². The van der Waals surface area contributed by atoms with Crippen LogP contribution in [-0.2, 0) is 16.6 Å². The van der Waals surface area contributed by atoms with E-state index in [4.69, 9.17) is 4.42 Å². The third kappa shape index (κ3) is 3.59. The fraction of sp³-hybridized carbons (Fsp3) is 0.267. The van der Waals surface area contributed by atoms with Gasteiger partial charge in [-0.15, -0.1) is 0 Å². The van der Waals surface area contributed by atoms with E-state index >= 15 is 0 Å². The number of ketones is 1. The summed E-state index contributed by atoms with van der Waals surface area (Å²) in [6, 6.07) is 7.66. The number of benzene rings is 1. The molecule has 0 saturated carbocycles. The highest BCUT2D eigenvalue weighted by Crippen LogP contribution is 2.15. The molecule has 1 heterocycles. The van der Waals surface area contributed by atoms with Crippen molar-refractivity contribution in [3.8, 4) is 0 Å². The summed E-state index contributed by atoms with van der Waals surface area (Å²) in [5, 5.41) is 0. The molecule has 5 nitrogen and oxygen atoms in total. The van der Waals surface area contributed by atoms with Crippen LogP contribution in [0.3, 0.4) is 0 Å². The molecule has 1 aromatic carbocycles. The van der Waals surface area contributed by atoms with Crippen LogP contribution in [0, 0.1) is 13.8 Å². The van der Waals surface area contributed by atoms with Gasteiger partial charge in [0.05, 0.1) is 4.90 Å². The first-order chi connectivity index (χ1) is 9.79. The Morgan fingerprint density at radius 2 is 1.81 bits per heavy atom. The van der Waals surface area contributed by atoms with Gasteiger partial charge in [0, 0.05) is 17.7 Å². The van der Waals surface area contributed by atoms with Crippen LogP contribution in [0.4, 0.5) is 0 Å². The molecule has 2 rings (SSSR count). The lowest BCUT2D eigenvalue weighted by atomic mass is 10.2. The number of hydrogen-bond acceptors (Lipinski definition) is 4. The maximum Gasteiger partial charge on any atom is 0.240 e. The standard InChI is InChI=1S/C15H17NO4S/c1-10-8-14(12(3)20-10)9-16-21(18,19)15-6-4-13(5-7-15)11(2)17/h4-8,16H,9H2,1-3H3. The summed E-state index contributed by atoms with van der Waals surface area (Å²) in [6.45, 7) is 5.20. The Morgan fingerprint density at radius 3 is 2.29 bits per heavy atom. The van der Waals surface area contributed by atoms with Crippen molar-refractivity contribution in [2.45, 2.75) is 32.2 Å². The Morgan fingerprint density at radius 1 is 1.19 bits per heavy atom. The zero-order valence-corrected chi connectivity index (χ0v) is 13.0. The number of rotatable bonds is 5. The molecule has 21 heavy (non-hydrogen) atoms. The Bertz CT molecular complexity index is 757. The number of sulfonamides is 1. The van der Waals surface area contributed by atoms with E-state index in [1.54, 1.807) is 13.0 Å². The van der Waals surface area contributed by atoms with Gasteiger partial charge in [0.2, 0.25) is 10.0 Å². The lowest BCUT2D eigenvalue weighted by Gasteiger charge is -2.06. The lowest BCUT2D eigenvalue weighted by molar-refractivity contribution is 0.101. The molecule has 1 N–H and O–H groups in total. The Kier molecular flexibility index (Phi) is 4.29. The number of Topliss-reactive ketones (excluding diaryl/α,β-unsaturated/α-hetero) is 1. The van der Waals surface area contributed by atoms with Crippen LogP contribution < -0.4 is 4.72 Å². The monoisotopic (exact) mass is 307 g/mol. The van der Waals surface area contributed by atoms with E-state index in [0.717, 1.165) is 11.3 Å². The van der Waals surface area contributed by atoms with Crippen LogP contribution in [-0.4, -0.2) is 14.2 Å². The van der Waals surface area contributed by atoms with Gasteiger partial charge in [-0.05, 0) is 39.0 Å². The maximum atomic E-state index is 12.2. The molecule has 0 aliphatic heterocycles. The van der Waals surface area contributed by atoms with Crippen LogP contribution in [0.15, 0.2) is 39.6 Å². The van der Waals surface area contributed by atoms with Crippen molar-refractivity contribution in [1.29, 1.82) is 0 Å². The number of hydrogen-bond donors (Lipinski definition) is 1. The summed E-state index contributed by atoms with van der Waals surface area (Å²) in [7, 11) is -3.61. The normalized spacial score (nSPS) is 11.6. The molecule has 1 aromatic heterocycles. The van der Waals surface area contributed by atoms with E-state index in [1.807, 2.05) is 6.92 Å². The van der Waals surface area contributed by atoms with Gasteiger partial charge >= 0.3 is 0 Å². The first-order valence-electron chi connectivity index (χ1n) is 6.46. The van der Waals surface area contributed by atoms with Crippen molar-refractivity contribution in [1.82, 2.24) is 4.72 Å². The molecule has 0 radical (unpaired) electrons. The topological polar surface area (TPSA) is 76.4 Å². The number of carbonyl (C=O) groups is 1. The predicted octanol–water partition coefficient (Wildman–Crippen LogP) is 2.58. The quantitative estimate of drug-likeness (QED) is 0.861. The van der Waals surface area contributed by atoms with Gasteiger partial charge in [-0.2, -0.15) is 0 Å². The molecular formula is C15H17NO4S. The zero-order valence-electron chi connectivity index (χ0n) is 12.1. The highest BCUT2D eigenvalue weighted by atomic mass is 32.2. The first-order valence-corrected chi connectivity index (χ1v) is 7.94. The minimum Gasteiger partial charge on any atom is -0.466 e. The molecule has 0 bridgehead atoms. The second-order valence-corrected chi connectivity index (χ2v) is 6.61. The molecular weight excluding hydrogens is 290 g/mol. The second kappa shape index (κ2) is 5.83. The smallest absolute Gasteiger partial charge is 0.240 e. The van der Waals surface area contributed by atoms with E-state index in [-0.39, 0.29) is 17.2 Å². The molecule has 6 heteroatoms. The van der Waals surface area contributed by atoms with Crippen molar-refractivity contribution in [2.24, 2.45) is 0 Å². The van der Waals surface area contributed by atoms with Crippen molar-refractivity contribution in [3.05, 3.63) is 53.0 Å². The molecule has 112 valence electrons. The number of aryl methyl sites for hydroxylation is 2. The lowest BCUT2D eigenvalue weighted by Crippen LogP contribution is -2.23. The summed E-state index contributed by atoms with van der Waals surface area (Å²) in [6.07, 6.45) is 0. The highest BCUT2D eigenvalue weighted by molar-refractivity contribution is 7.89. The summed E-state index contributed by atoms with van der Waals surface area (Å²) in [5.41, 5.74) is 1.28. The number of carbonyl (C=O) groups excluding carboxylic acids is 1. The Balaban J connectivity index is 2.14. The number of furan rings is 1. The largest absolute Gasteiger partial charge is 0.466 e. The summed E-state index contributed by atoms with van der Waals surface area (Å²) in [4.78, 5) is 11.3. The average Bonchev–Trinajstić information content (AvgIpc) is 2.75. The molecule has 0 fully saturated rings. The molecule has 0 aliphatic carbocycles. The number of nitrogens with one attached hydrogen (secondary N) is 1. The van der Waals surface area contributed by atoms with Crippen molar-refractivity contribution < 1.29 is 17.6 Å². The summed E-state index contributed by atoms with van der Waals surface area (Å²) >= 11 is 0. The minimum atomic E-state index is -3.61. The van der Waals surface area contributed by atoms with Crippen molar-refractivity contribution in [3.63, 3.8) is 0 Å². The molecule has 2 aromatic rings. The van der Waals surface area contributed by atoms with Crippen molar-refractivity contribution in [2.75, 3.05) is 0 Å². The molecule has 0 spiro atoms. The SMILES string of the molecule is CC(=O)c1ccc(S(=O)(=O)NCc2cc(C)oc2C)cc1. The van der Waals surface area contributed by atoms with Gasteiger partial charge in [0.1, 0.15) is 11.5 Å². The van der Waals surface area contributed by atoms with Crippen LogP contribution in [0.2, 0.25) is 0 Å². The predicted molar refractivity (Wildman–Crippen MR) is 78.7 cm³/mol. The van der Waals surface area contributed by atoms with Gasteiger partial charge in [-0.25, -0.2) is 13.1 Å². The second-order valence-electron chi connectivity index (χ2n) is 4.84. The fourth-order valence-corrected chi connectivity index (χ4v) is 2.99. The molecule has 0 aliphatic rings. The minimum absolute atomic E-state index is 0.101. The van der Waals surface area contributed by atoms with E-state index < -0.39 is 10.0 Å². The van der Waals surface area contributed by atoms with E-state index in [9.17, 15) is 13.2 Å². The van der Waals surface area contributed by atoms with Crippen LogP contribution in [0.1, 0.15) is 34.4 Å². The van der Waals surface area contributed by atoms with Gasteiger partial charge < -0.3 is 4.42 Å². The molecule has 0 unspecified atom stereocenters. The average molecular weight is 307 g/mol. The molecule has 0 saturated heterocycles. The molecule has 0 amide bonds. The van der Waals surface area contributed by atoms with Crippen LogP contribution in [0.25, 0.3) is 0 Å². The van der Waals surface area contributed by atoms with Crippen LogP contribution in [0.5, 0.6) is 0 Å². The first kappa shape index (κ1) is 15.5. The Labute approximate surface area is 124 Å². The zero-order chi connectivity index (χ0) is 15.6. The van der Waals surface area contributed by atoms with E-state index in [1.165, 1.54) is 31.2 Å². The highest BCUT2D eigenvalue weighted by Gasteiger charge is 2.15. The van der Waals surface area contributed by atoms with Gasteiger partial charge in [0.15, 0.2) is 5.78 Å². The maximum absolute atomic E-state index is 12.2. The van der Waals surface area contributed by atoms with Gasteiger partial charge in [0.25, 0.3) is 0 Å². The molecule has 0 atom stereocenters. The fourth-order valence-electron chi connectivity index (χ4n) is 1.98. The summed E-state index contributed by atoms with van der Waals surface area (Å²) in [5.74, 6) is 1.34. The van der Waals surface area contributed by atoms with Crippen LogP contribution >= 0.6 is 0 Å².